The zero-order valence-corrected chi connectivity index (χ0v) is 13.8. The lowest BCUT2D eigenvalue weighted by atomic mass is 9.90. The van der Waals surface area contributed by atoms with E-state index >= 15 is 0 Å². The summed E-state index contributed by atoms with van der Waals surface area (Å²) in [6.07, 6.45) is 2.38. The molecule has 1 aliphatic carbocycles. The molecule has 0 bridgehead atoms. The summed E-state index contributed by atoms with van der Waals surface area (Å²) in [5, 5.41) is 10.1. The number of ketones is 1. The van der Waals surface area contributed by atoms with Crippen LogP contribution in [0.5, 0.6) is 0 Å². The number of hydrogen-bond donors (Lipinski definition) is 1. The molecule has 0 amide bonds. The Kier molecular flexibility index (Phi) is 5.96. The molecule has 1 N–H and O–H groups in total. The third-order valence-electron chi connectivity index (χ3n) is 4.78. The molecule has 0 heterocycles. The molecule has 0 aromatic carbocycles. The summed E-state index contributed by atoms with van der Waals surface area (Å²) in [6.45, 7) is 10.5. The van der Waals surface area contributed by atoms with E-state index in [4.69, 9.17) is 4.43 Å². The fourth-order valence-electron chi connectivity index (χ4n) is 2.83. The Morgan fingerprint density at radius 2 is 1.74 bits per heavy atom. The summed E-state index contributed by atoms with van der Waals surface area (Å²) < 4.78 is 6.49. The lowest BCUT2D eigenvalue weighted by Gasteiger charge is -2.38. The van der Waals surface area contributed by atoms with Crippen LogP contribution in [-0.4, -0.2) is 31.4 Å². The first kappa shape index (κ1) is 16.6. The largest absolute Gasteiger partial charge is 0.413 e. The average molecular weight is 284 g/mol. The molecule has 3 nitrogen and oxygen atoms in total. The van der Waals surface area contributed by atoms with Gasteiger partial charge in [-0.05, 0) is 24.2 Å². The van der Waals surface area contributed by atoms with Crippen LogP contribution in [0.15, 0.2) is 12.2 Å². The van der Waals surface area contributed by atoms with Gasteiger partial charge in [0.2, 0.25) is 0 Å². The van der Waals surface area contributed by atoms with Crippen molar-refractivity contribution in [2.24, 2.45) is 11.8 Å². The van der Waals surface area contributed by atoms with Gasteiger partial charge >= 0.3 is 0 Å². The highest BCUT2D eigenvalue weighted by Gasteiger charge is 2.40. The number of hydrogen-bond acceptors (Lipinski definition) is 3. The predicted octanol–water partition coefficient (Wildman–Crippen LogP) is 3.15. The molecule has 0 aliphatic heterocycles. The summed E-state index contributed by atoms with van der Waals surface area (Å²) in [5.74, 6) is -0.131. The van der Waals surface area contributed by atoms with Gasteiger partial charge in [-0.1, -0.05) is 40.7 Å². The molecule has 0 unspecified atom stereocenters. The molecule has 0 aromatic heterocycles. The number of allylic oxidation sites excluding steroid dienone is 1. The van der Waals surface area contributed by atoms with E-state index in [0.717, 1.165) is 18.1 Å². The van der Waals surface area contributed by atoms with Crippen molar-refractivity contribution in [3.63, 3.8) is 0 Å². The zero-order valence-electron chi connectivity index (χ0n) is 12.8. The van der Waals surface area contributed by atoms with Crippen molar-refractivity contribution in [3.05, 3.63) is 12.2 Å². The van der Waals surface area contributed by atoms with Crippen molar-refractivity contribution in [2.45, 2.75) is 65.0 Å². The fourth-order valence-corrected chi connectivity index (χ4v) is 5.83. The highest BCUT2D eigenvalue weighted by atomic mass is 28.4. The van der Waals surface area contributed by atoms with E-state index in [-0.39, 0.29) is 23.7 Å². The van der Waals surface area contributed by atoms with Crippen molar-refractivity contribution < 1.29 is 14.3 Å². The number of aliphatic hydroxyl groups excluding tert-OH is 1. The summed E-state index contributed by atoms with van der Waals surface area (Å²) in [5.41, 5.74) is 0. The van der Waals surface area contributed by atoms with Crippen molar-refractivity contribution in [3.8, 4) is 0 Å². The van der Waals surface area contributed by atoms with Crippen LogP contribution in [-0.2, 0) is 9.22 Å². The van der Waals surface area contributed by atoms with Crippen LogP contribution < -0.4 is 0 Å². The van der Waals surface area contributed by atoms with Gasteiger partial charge in [0.25, 0.3) is 0 Å². The quantitative estimate of drug-likeness (QED) is 0.789. The molecule has 19 heavy (non-hydrogen) atoms. The number of rotatable bonds is 5. The van der Waals surface area contributed by atoms with Gasteiger partial charge in [0.15, 0.2) is 14.1 Å². The summed E-state index contributed by atoms with van der Waals surface area (Å²) in [4.78, 5) is 12.0. The monoisotopic (exact) mass is 284 g/mol. The van der Waals surface area contributed by atoms with E-state index in [2.05, 4.69) is 20.8 Å². The third kappa shape index (κ3) is 3.55. The van der Waals surface area contributed by atoms with Gasteiger partial charge in [-0.2, -0.15) is 0 Å². The molecular formula is C15H28O3Si. The van der Waals surface area contributed by atoms with Crippen molar-refractivity contribution in [2.75, 3.05) is 0 Å². The minimum absolute atomic E-state index is 0.0331. The second kappa shape index (κ2) is 6.82. The molecule has 0 aromatic rings. The van der Waals surface area contributed by atoms with Crippen LogP contribution in [0, 0.1) is 11.8 Å². The van der Waals surface area contributed by atoms with Crippen LogP contribution in [0.4, 0.5) is 0 Å². The molecule has 1 aliphatic rings. The Hall–Kier alpha value is -0.453. The van der Waals surface area contributed by atoms with Gasteiger partial charge in [0, 0.05) is 11.8 Å². The van der Waals surface area contributed by atoms with Gasteiger partial charge in [-0.3, -0.25) is 4.79 Å². The minimum atomic E-state index is -1.76. The van der Waals surface area contributed by atoms with Gasteiger partial charge in [0.1, 0.15) is 0 Å². The van der Waals surface area contributed by atoms with E-state index in [9.17, 15) is 9.90 Å². The Morgan fingerprint density at radius 1 is 1.21 bits per heavy atom. The molecule has 4 heteroatoms. The van der Waals surface area contributed by atoms with Crippen LogP contribution in [0.2, 0.25) is 18.1 Å². The summed E-state index contributed by atoms with van der Waals surface area (Å²) >= 11 is 0. The lowest BCUT2D eigenvalue weighted by Crippen LogP contribution is -2.47. The predicted molar refractivity (Wildman–Crippen MR) is 80.6 cm³/mol. The molecule has 1 rings (SSSR count). The van der Waals surface area contributed by atoms with Crippen molar-refractivity contribution >= 4 is 14.1 Å². The van der Waals surface area contributed by atoms with Gasteiger partial charge in [-0.25, -0.2) is 0 Å². The maximum absolute atomic E-state index is 12.0. The fraction of sp³-hybridized carbons (Fsp3) is 0.800. The van der Waals surface area contributed by atoms with Crippen LogP contribution in [0.25, 0.3) is 0 Å². The molecule has 4 atom stereocenters. The maximum atomic E-state index is 12.0. The summed E-state index contributed by atoms with van der Waals surface area (Å²) in [6, 6.07) is 3.19. The average Bonchev–Trinajstić information content (AvgIpc) is 2.52. The van der Waals surface area contributed by atoms with Crippen LogP contribution >= 0.6 is 0 Å². The van der Waals surface area contributed by atoms with E-state index in [1.165, 1.54) is 6.08 Å². The number of carbonyl (C=O) groups is 1. The second-order valence-electron chi connectivity index (χ2n) is 5.73. The summed E-state index contributed by atoms with van der Waals surface area (Å²) in [7, 11) is -1.76. The van der Waals surface area contributed by atoms with Gasteiger partial charge in [-0.15, -0.1) is 0 Å². The van der Waals surface area contributed by atoms with E-state index in [0.29, 0.717) is 0 Å². The van der Waals surface area contributed by atoms with Crippen molar-refractivity contribution in [1.29, 1.82) is 0 Å². The lowest BCUT2D eigenvalue weighted by molar-refractivity contribution is -0.121. The van der Waals surface area contributed by atoms with E-state index in [1.807, 2.05) is 13.8 Å². The molecule has 0 saturated heterocycles. The highest BCUT2D eigenvalue weighted by Crippen LogP contribution is 2.32. The Bertz CT molecular complexity index is 328. The van der Waals surface area contributed by atoms with Crippen LogP contribution in [0.1, 0.15) is 34.6 Å². The van der Waals surface area contributed by atoms with E-state index in [1.54, 1.807) is 6.08 Å². The SMILES string of the molecule is CC[Si](CC)(CC)O[C@H]1[C@@H](C)[C@H](O)C=CC(=O)[C@H]1C. The van der Waals surface area contributed by atoms with Crippen LogP contribution in [0.3, 0.4) is 0 Å². The standard InChI is InChI=1S/C15H28O3Si/c1-6-19(7-2,8-3)18-15-11(4)13(16)9-10-14(17)12(15)5/h9-13,15-16H,6-8H2,1-5H3/t11-,12+,13+,15-/m0/s1. The Morgan fingerprint density at radius 3 is 2.21 bits per heavy atom. The first-order chi connectivity index (χ1) is 8.90. The topological polar surface area (TPSA) is 46.5 Å². The minimum Gasteiger partial charge on any atom is -0.413 e. The molecular weight excluding hydrogens is 256 g/mol. The third-order valence-corrected chi connectivity index (χ3v) is 9.41. The van der Waals surface area contributed by atoms with Gasteiger partial charge < -0.3 is 9.53 Å². The Balaban J connectivity index is 2.98. The van der Waals surface area contributed by atoms with E-state index < -0.39 is 14.4 Å². The van der Waals surface area contributed by atoms with Crippen molar-refractivity contribution in [1.82, 2.24) is 0 Å². The first-order valence-electron chi connectivity index (χ1n) is 7.48. The second-order valence-corrected chi connectivity index (χ2v) is 10.4. The molecule has 0 radical (unpaired) electrons. The zero-order chi connectivity index (χ0) is 14.6. The smallest absolute Gasteiger partial charge is 0.192 e. The molecule has 110 valence electrons. The highest BCUT2D eigenvalue weighted by molar-refractivity contribution is 6.73. The normalized spacial score (nSPS) is 32.4. The first-order valence-corrected chi connectivity index (χ1v) is 10.0. The number of carbonyl (C=O) groups excluding carboxylic acids is 1. The molecule has 0 saturated carbocycles. The maximum Gasteiger partial charge on any atom is 0.192 e. The molecule has 0 spiro atoms. The van der Waals surface area contributed by atoms with Gasteiger partial charge in [0.05, 0.1) is 12.2 Å². The number of aliphatic hydroxyl groups is 1. The Labute approximate surface area is 118 Å². The molecule has 0 fully saturated rings.